The summed E-state index contributed by atoms with van der Waals surface area (Å²) in [5.74, 6) is -0.0205. The Bertz CT molecular complexity index is 1140. The summed E-state index contributed by atoms with van der Waals surface area (Å²) in [5, 5.41) is 5.47. The van der Waals surface area contributed by atoms with E-state index in [-0.39, 0.29) is 11.9 Å². The maximum Gasteiger partial charge on any atom is 0.293 e. The molecule has 2 aromatic carbocycles. The molecular weight excluding hydrogens is 346 g/mol. The molecule has 0 radical (unpaired) electrons. The summed E-state index contributed by atoms with van der Waals surface area (Å²) >= 11 is 0. The molecule has 0 saturated carbocycles. The summed E-state index contributed by atoms with van der Waals surface area (Å²) in [6.07, 6.45) is 4.94. The van der Waals surface area contributed by atoms with Gasteiger partial charge in [0.15, 0.2) is 12.4 Å². The number of nitrogens with zero attached hydrogens (tertiary/aromatic N) is 2. The zero-order chi connectivity index (χ0) is 19.7. The van der Waals surface area contributed by atoms with Crippen molar-refractivity contribution in [3.8, 4) is 0 Å². The Morgan fingerprint density at radius 1 is 1.00 bits per heavy atom. The second-order valence-corrected chi connectivity index (χ2v) is 7.17. The van der Waals surface area contributed by atoms with Crippen LogP contribution in [0.5, 0.6) is 0 Å². The second kappa shape index (κ2) is 7.47. The van der Waals surface area contributed by atoms with Gasteiger partial charge in [0.1, 0.15) is 0 Å². The van der Waals surface area contributed by atoms with Gasteiger partial charge in [0, 0.05) is 53.1 Å². The van der Waals surface area contributed by atoms with Crippen LogP contribution in [0.2, 0.25) is 0 Å². The van der Waals surface area contributed by atoms with Gasteiger partial charge >= 0.3 is 0 Å². The van der Waals surface area contributed by atoms with E-state index in [1.165, 1.54) is 27.4 Å². The predicted molar refractivity (Wildman–Crippen MR) is 114 cm³/mol. The number of hydrogen-bond acceptors (Lipinski definition) is 1. The number of fused-ring (bicyclic) bond motifs is 3. The molecule has 4 rings (SSSR count). The summed E-state index contributed by atoms with van der Waals surface area (Å²) in [6.45, 7) is 7.12. The Labute approximate surface area is 165 Å². The number of nitrogens with one attached hydrogen (secondary N) is 1. The highest BCUT2D eigenvalue weighted by atomic mass is 16.2. The van der Waals surface area contributed by atoms with Crippen LogP contribution in [-0.4, -0.2) is 10.5 Å². The molecule has 2 aromatic heterocycles. The van der Waals surface area contributed by atoms with Crippen LogP contribution in [0.3, 0.4) is 0 Å². The number of amides is 1. The average Bonchev–Trinajstić information content (AvgIpc) is 3.06. The van der Waals surface area contributed by atoms with E-state index in [4.69, 9.17) is 0 Å². The van der Waals surface area contributed by atoms with E-state index in [9.17, 15) is 4.79 Å². The largest absolute Gasteiger partial charge is 0.341 e. The minimum absolute atomic E-state index is 0.0205. The van der Waals surface area contributed by atoms with Gasteiger partial charge in [-0.05, 0) is 43.2 Å². The molecule has 4 heteroatoms. The van der Waals surface area contributed by atoms with E-state index >= 15 is 0 Å². The molecule has 0 bridgehead atoms. The first-order chi connectivity index (χ1) is 13.6. The highest BCUT2D eigenvalue weighted by Crippen LogP contribution is 2.31. The van der Waals surface area contributed by atoms with Crippen LogP contribution >= 0.6 is 0 Å². The molecule has 0 saturated heterocycles. The molecule has 0 aliphatic carbocycles. The number of aryl methyl sites for hydroxylation is 2. The van der Waals surface area contributed by atoms with E-state index in [0.29, 0.717) is 0 Å². The molecular formula is C24H26N3O+. The zero-order valence-corrected chi connectivity index (χ0v) is 16.6. The third-order valence-electron chi connectivity index (χ3n) is 5.51. The first-order valence-electron chi connectivity index (χ1n) is 9.94. The standard InChI is InChI=1S/C24H25N3O/c1-4-18-12-14-26(15-13-18)17(3)24(28)25-19-10-11-23-21(16-19)20-8-6-7-9-22(20)27(23)5-2/h6-17H,4-5H2,1-3H3/p+1/t17-/m0/s1. The SMILES string of the molecule is CCc1cc[n+]([C@@H](C)C(=O)Nc2ccc3c(c2)c2ccccc2n3CC)cc1. The van der Waals surface area contributed by atoms with E-state index in [2.05, 4.69) is 72.3 Å². The fourth-order valence-electron chi connectivity index (χ4n) is 3.82. The Morgan fingerprint density at radius 2 is 1.71 bits per heavy atom. The third-order valence-corrected chi connectivity index (χ3v) is 5.51. The van der Waals surface area contributed by atoms with Crippen LogP contribution in [0.15, 0.2) is 67.0 Å². The Hall–Kier alpha value is -3.14. The summed E-state index contributed by atoms with van der Waals surface area (Å²) in [6, 6.07) is 18.4. The molecule has 0 aliphatic rings. The van der Waals surface area contributed by atoms with Gasteiger partial charge in [-0.1, -0.05) is 25.1 Å². The van der Waals surface area contributed by atoms with Crippen molar-refractivity contribution in [1.29, 1.82) is 0 Å². The Balaban J connectivity index is 1.64. The van der Waals surface area contributed by atoms with Crippen molar-refractivity contribution in [2.75, 3.05) is 5.32 Å². The maximum atomic E-state index is 12.8. The molecule has 4 aromatic rings. The Morgan fingerprint density at radius 3 is 2.43 bits per heavy atom. The van der Waals surface area contributed by atoms with Crippen LogP contribution < -0.4 is 9.88 Å². The topological polar surface area (TPSA) is 37.9 Å². The highest BCUT2D eigenvalue weighted by Gasteiger charge is 2.22. The normalized spacial score (nSPS) is 12.4. The van der Waals surface area contributed by atoms with Crippen LogP contribution in [0.4, 0.5) is 5.69 Å². The fourth-order valence-corrected chi connectivity index (χ4v) is 3.82. The van der Waals surface area contributed by atoms with Gasteiger partial charge in [0.05, 0.1) is 0 Å². The number of pyridine rings is 1. The molecule has 2 heterocycles. The smallest absolute Gasteiger partial charge is 0.293 e. The summed E-state index contributed by atoms with van der Waals surface area (Å²) in [7, 11) is 0. The molecule has 0 unspecified atom stereocenters. The van der Waals surface area contributed by atoms with Crippen molar-refractivity contribution in [1.82, 2.24) is 4.57 Å². The summed E-state index contributed by atoms with van der Waals surface area (Å²) in [4.78, 5) is 12.8. The number of carbonyl (C=O) groups is 1. The Kier molecular flexibility index (Phi) is 4.86. The van der Waals surface area contributed by atoms with Gasteiger partial charge in [0.2, 0.25) is 6.04 Å². The number of benzene rings is 2. The van der Waals surface area contributed by atoms with Gasteiger partial charge < -0.3 is 9.88 Å². The van der Waals surface area contributed by atoms with Crippen molar-refractivity contribution < 1.29 is 9.36 Å². The zero-order valence-electron chi connectivity index (χ0n) is 16.6. The lowest BCUT2D eigenvalue weighted by Crippen LogP contribution is -2.44. The molecule has 28 heavy (non-hydrogen) atoms. The summed E-state index contributed by atoms with van der Waals surface area (Å²) in [5.41, 5.74) is 4.51. The highest BCUT2D eigenvalue weighted by molar-refractivity contribution is 6.09. The van der Waals surface area contributed by atoms with Crippen molar-refractivity contribution in [3.05, 3.63) is 72.6 Å². The average molecular weight is 372 g/mol. The number of para-hydroxylation sites is 1. The molecule has 0 aliphatic heterocycles. The first-order valence-corrected chi connectivity index (χ1v) is 9.94. The lowest BCUT2D eigenvalue weighted by Gasteiger charge is -2.10. The molecule has 4 nitrogen and oxygen atoms in total. The molecule has 142 valence electrons. The first kappa shape index (κ1) is 18.2. The van der Waals surface area contributed by atoms with Gasteiger partial charge in [-0.15, -0.1) is 0 Å². The quantitative estimate of drug-likeness (QED) is 0.499. The number of aromatic nitrogens is 2. The van der Waals surface area contributed by atoms with Crippen LogP contribution in [0.1, 0.15) is 32.4 Å². The lowest BCUT2D eigenvalue weighted by atomic mass is 10.1. The van der Waals surface area contributed by atoms with E-state index in [1.807, 2.05) is 30.0 Å². The lowest BCUT2D eigenvalue weighted by molar-refractivity contribution is -0.705. The number of carbonyl (C=O) groups excluding carboxylic acids is 1. The van der Waals surface area contributed by atoms with E-state index < -0.39 is 0 Å². The second-order valence-electron chi connectivity index (χ2n) is 7.17. The van der Waals surface area contributed by atoms with E-state index in [0.717, 1.165) is 18.7 Å². The predicted octanol–water partition coefficient (Wildman–Crippen LogP) is 4.86. The van der Waals surface area contributed by atoms with Gasteiger partial charge in [-0.3, -0.25) is 4.79 Å². The monoisotopic (exact) mass is 372 g/mol. The molecule has 0 fully saturated rings. The van der Waals surface area contributed by atoms with Crippen molar-refractivity contribution >= 4 is 33.4 Å². The van der Waals surface area contributed by atoms with Crippen LogP contribution in [-0.2, 0) is 17.8 Å². The molecule has 0 spiro atoms. The fraction of sp³-hybridized carbons (Fsp3) is 0.250. The molecule has 1 amide bonds. The van der Waals surface area contributed by atoms with Crippen LogP contribution in [0.25, 0.3) is 21.8 Å². The molecule has 1 atom stereocenters. The minimum Gasteiger partial charge on any atom is -0.341 e. The van der Waals surface area contributed by atoms with Gasteiger partial charge in [0.25, 0.3) is 5.91 Å². The van der Waals surface area contributed by atoms with Crippen molar-refractivity contribution in [2.24, 2.45) is 0 Å². The third kappa shape index (κ3) is 3.15. The number of anilines is 1. The molecule has 1 N–H and O–H groups in total. The van der Waals surface area contributed by atoms with Gasteiger partial charge in [-0.25, -0.2) is 0 Å². The van der Waals surface area contributed by atoms with Gasteiger partial charge in [-0.2, -0.15) is 4.57 Å². The summed E-state index contributed by atoms with van der Waals surface area (Å²) < 4.78 is 4.25. The van der Waals surface area contributed by atoms with Crippen molar-refractivity contribution in [2.45, 2.75) is 39.8 Å². The minimum atomic E-state index is -0.279. The number of hydrogen-bond donors (Lipinski definition) is 1. The number of rotatable bonds is 5. The van der Waals surface area contributed by atoms with E-state index in [1.54, 1.807) is 0 Å². The van der Waals surface area contributed by atoms with Crippen molar-refractivity contribution in [3.63, 3.8) is 0 Å². The maximum absolute atomic E-state index is 12.8. The van der Waals surface area contributed by atoms with Crippen LogP contribution in [0, 0.1) is 0 Å².